The smallest absolute Gasteiger partial charge is 0.248 e. The standard InChI is InChI=1S/C28H32N4O2/c1-21-8-10-23(11-9-21)28-25(19-30-14-16-31(17-15-30)27(33)20-34-2)32-18-24(12-13-26(32)29-28)22-6-4-3-5-7-22/h4,6-13,18H,3,5,14-17,19-20H2,1-2H3. The Morgan fingerprint density at radius 1 is 1.00 bits per heavy atom. The van der Waals surface area contributed by atoms with Gasteiger partial charge < -0.3 is 14.0 Å². The summed E-state index contributed by atoms with van der Waals surface area (Å²) in [7, 11) is 1.57. The van der Waals surface area contributed by atoms with E-state index in [2.05, 4.69) is 77.0 Å². The molecule has 34 heavy (non-hydrogen) atoms. The predicted molar refractivity (Wildman–Crippen MR) is 135 cm³/mol. The van der Waals surface area contributed by atoms with Gasteiger partial charge in [-0.15, -0.1) is 0 Å². The second kappa shape index (κ2) is 9.95. The molecule has 0 saturated carbocycles. The lowest BCUT2D eigenvalue weighted by Crippen LogP contribution is -2.49. The van der Waals surface area contributed by atoms with E-state index < -0.39 is 0 Å². The van der Waals surface area contributed by atoms with Crippen molar-refractivity contribution in [3.05, 3.63) is 77.6 Å². The number of hydrogen-bond acceptors (Lipinski definition) is 4. The number of aryl methyl sites for hydroxylation is 1. The number of benzene rings is 1. The van der Waals surface area contributed by atoms with Gasteiger partial charge in [-0.1, -0.05) is 48.1 Å². The molecule has 2 aliphatic rings. The number of hydrogen-bond donors (Lipinski definition) is 0. The van der Waals surface area contributed by atoms with Crippen LogP contribution in [0.1, 0.15) is 29.7 Å². The summed E-state index contributed by atoms with van der Waals surface area (Å²) in [5.74, 6) is 0.0655. The van der Waals surface area contributed by atoms with Crippen LogP contribution in [-0.4, -0.2) is 65.0 Å². The fourth-order valence-corrected chi connectivity index (χ4v) is 4.77. The molecule has 0 atom stereocenters. The number of carbonyl (C=O) groups is 1. The summed E-state index contributed by atoms with van der Waals surface area (Å²) in [5, 5.41) is 0. The first-order valence-corrected chi connectivity index (χ1v) is 12.1. The monoisotopic (exact) mass is 456 g/mol. The molecule has 0 bridgehead atoms. The van der Waals surface area contributed by atoms with E-state index in [0.29, 0.717) is 0 Å². The molecule has 0 N–H and O–H groups in total. The molecule has 6 heteroatoms. The topological polar surface area (TPSA) is 50.1 Å². The number of methoxy groups -OCH3 is 1. The van der Waals surface area contributed by atoms with Gasteiger partial charge in [0.1, 0.15) is 12.3 Å². The SMILES string of the molecule is COCC(=O)N1CCN(Cc2c(-c3ccc(C)cc3)nc3ccc(C4=CCCC=C4)cn23)CC1. The highest BCUT2D eigenvalue weighted by Gasteiger charge is 2.24. The van der Waals surface area contributed by atoms with Crippen LogP contribution in [0.25, 0.3) is 22.5 Å². The van der Waals surface area contributed by atoms with E-state index >= 15 is 0 Å². The number of rotatable bonds is 6. The number of carbonyl (C=O) groups excluding carboxylic acids is 1. The highest BCUT2D eigenvalue weighted by Crippen LogP contribution is 2.29. The quantitative estimate of drug-likeness (QED) is 0.554. The lowest BCUT2D eigenvalue weighted by Gasteiger charge is -2.34. The number of aromatic nitrogens is 2. The molecular weight excluding hydrogens is 424 g/mol. The highest BCUT2D eigenvalue weighted by molar-refractivity contribution is 5.77. The van der Waals surface area contributed by atoms with Gasteiger partial charge in [-0.3, -0.25) is 9.69 Å². The Hall–Kier alpha value is -3.22. The van der Waals surface area contributed by atoms with Crippen LogP contribution in [0.5, 0.6) is 0 Å². The summed E-state index contributed by atoms with van der Waals surface area (Å²) < 4.78 is 7.29. The van der Waals surface area contributed by atoms with Gasteiger partial charge in [0.15, 0.2) is 0 Å². The summed E-state index contributed by atoms with van der Waals surface area (Å²) in [4.78, 5) is 21.6. The third-order valence-electron chi connectivity index (χ3n) is 6.74. The molecule has 1 amide bonds. The van der Waals surface area contributed by atoms with Gasteiger partial charge >= 0.3 is 0 Å². The maximum absolute atomic E-state index is 12.2. The van der Waals surface area contributed by atoms with Crippen LogP contribution in [0.2, 0.25) is 0 Å². The van der Waals surface area contributed by atoms with Crippen molar-refractivity contribution in [1.82, 2.24) is 19.2 Å². The zero-order valence-electron chi connectivity index (χ0n) is 20.0. The fraction of sp³-hybridized carbons (Fsp3) is 0.357. The summed E-state index contributed by atoms with van der Waals surface area (Å²) in [6.45, 7) is 6.17. The van der Waals surface area contributed by atoms with E-state index in [0.717, 1.165) is 62.5 Å². The third-order valence-corrected chi connectivity index (χ3v) is 6.74. The van der Waals surface area contributed by atoms with E-state index in [-0.39, 0.29) is 12.5 Å². The molecule has 2 aromatic heterocycles. The van der Waals surface area contributed by atoms with Crippen LogP contribution >= 0.6 is 0 Å². The van der Waals surface area contributed by atoms with Crippen molar-refractivity contribution in [2.75, 3.05) is 39.9 Å². The molecule has 5 rings (SSSR count). The van der Waals surface area contributed by atoms with Crippen LogP contribution in [0.4, 0.5) is 0 Å². The summed E-state index contributed by atoms with van der Waals surface area (Å²) >= 11 is 0. The van der Waals surface area contributed by atoms with Crippen molar-refractivity contribution in [3.63, 3.8) is 0 Å². The Bertz CT molecular complexity index is 1230. The first kappa shape index (κ1) is 22.6. The predicted octanol–water partition coefficient (Wildman–Crippen LogP) is 4.33. The largest absolute Gasteiger partial charge is 0.375 e. The first-order valence-electron chi connectivity index (χ1n) is 12.1. The minimum Gasteiger partial charge on any atom is -0.375 e. The van der Waals surface area contributed by atoms with Crippen molar-refractivity contribution < 1.29 is 9.53 Å². The van der Waals surface area contributed by atoms with Gasteiger partial charge in [0.2, 0.25) is 5.91 Å². The van der Waals surface area contributed by atoms with Crippen LogP contribution in [0, 0.1) is 6.92 Å². The molecule has 176 valence electrons. The molecule has 1 aliphatic carbocycles. The number of amides is 1. The zero-order valence-corrected chi connectivity index (χ0v) is 20.0. The fourth-order valence-electron chi connectivity index (χ4n) is 4.77. The molecule has 1 aliphatic heterocycles. The van der Waals surface area contributed by atoms with E-state index in [4.69, 9.17) is 9.72 Å². The Kier molecular flexibility index (Phi) is 6.61. The lowest BCUT2D eigenvalue weighted by atomic mass is 10.0. The molecule has 0 spiro atoms. The van der Waals surface area contributed by atoms with Gasteiger partial charge in [-0.05, 0) is 43.0 Å². The average Bonchev–Trinajstić information content (AvgIpc) is 3.23. The number of fused-ring (bicyclic) bond motifs is 1. The summed E-state index contributed by atoms with van der Waals surface area (Å²) in [5.41, 5.74) is 8.05. The van der Waals surface area contributed by atoms with Crippen molar-refractivity contribution in [3.8, 4) is 11.3 Å². The van der Waals surface area contributed by atoms with E-state index in [1.54, 1.807) is 7.11 Å². The third kappa shape index (κ3) is 4.69. The second-order valence-electron chi connectivity index (χ2n) is 9.15. The van der Waals surface area contributed by atoms with Gasteiger partial charge in [-0.2, -0.15) is 0 Å². The van der Waals surface area contributed by atoms with E-state index in [1.807, 2.05) is 4.90 Å². The number of nitrogens with zero attached hydrogens (tertiary/aromatic N) is 4. The Labute approximate surface area is 201 Å². The average molecular weight is 457 g/mol. The lowest BCUT2D eigenvalue weighted by molar-refractivity contribution is -0.136. The molecule has 6 nitrogen and oxygen atoms in total. The van der Waals surface area contributed by atoms with Crippen LogP contribution in [0.15, 0.2) is 60.8 Å². The number of piperazine rings is 1. The van der Waals surface area contributed by atoms with Crippen molar-refractivity contribution in [1.29, 1.82) is 0 Å². The number of allylic oxidation sites excluding steroid dienone is 4. The first-order chi connectivity index (χ1) is 16.6. The molecule has 0 unspecified atom stereocenters. The Morgan fingerprint density at radius 3 is 2.47 bits per heavy atom. The van der Waals surface area contributed by atoms with Gasteiger partial charge in [0.05, 0.1) is 11.4 Å². The minimum absolute atomic E-state index is 0.0655. The van der Waals surface area contributed by atoms with Crippen LogP contribution < -0.4 is 0 Å². The molecular formula is C28H32N4O2. The number of pyridine rings is 1. The van der Waals surface area contributed by atoms with E-state index in [1.165, 1.54) is 22.4 Å². The minimum atomic E-state index is 0.0655. The molecule has 1 fully saturated rings. The number of ether oxygens (including phenoxy) is 1. The molecule has 1 aromatic carbocycles. The van der Waals surface area contributed by atoms with Crippen LogP contribution in [0.3, 0.4) is 0 Å². The van der Waals surface area contributed by atoms with Gasteiger partial charge in [0, 0.05) is 51.6 Å². The zero-order chi connectivity index (χ0) is 23.5. The summed E-state index contributed by atoms with van der Waals surface area (Å²) in [6, 6.07) is 12.9. The van der Waals surface area contributed by atoms with E-state index in [9.17, 15) is 4.79 Å². The Balaban J connectivity index is 1.48. The van der Waals surface area contributed by atoms with Crippen molar-refractivity contribution in [2.24, 2.45) is 0 Å². The molecule has 0 radical (unpaired) electrons. The molecule has 1 saturated heterocycles. The van der Waals surface area contributed by atoms with Crippen molar-refractivity contribution in [2.45, 2.75) is 26.3 Å². The molecule has 3 aromatic rings. The van der Waals surface area contributed by atoms with Gasteiger partial charge in [0.25, 0.3) is 0 Å². The normalized spacial score (nSPS) is 16.8. The maximum atomic E-state index is 12.2. The van der Waals surface area contributed by atoms with Gasteiger partial charge in [-0.25, -0.2) is 4.98 Å². The maximum Gasteiger partial charge on any atom is 0.248 e. The highest BCUT2D eigenvalue weighted by atomic mass is 16.5. The van der Waals surface area contributed by atoms with Crippen LogP contribution in [-0.2, 0) is 16.1 Å². The Morgan fingerprint density at radius 2 is 1.76 bits per heavy atom. The second-order valence-corrected chi connectivity index (χ2v) is 9.15. The number of imidazole rings is 1. The molecule has 3 heterocycles. The van der Waals surface area contributed by atoms with Crippen molar-refractivity contribution >= 4 is 17.1 Å². The summed E-state index contributed by atoms with van der Waals surface area (Å²) in [6.07, 6.45) is 11.2.